The molecule has 2 aromatic heterocycles. The molecule has 0 bridgehead atoms. The molecule has 12 rings (SSSR count). The third kappa shape index (κ3) is 5.74. The maximum absolute atomic E-state index is 6.46. The van der Waals surface area contributed by atoms with Crippen molar-refractivity contribution in [2.24, 2.45) is 0 Å². The van der Waals surface area contributed by atoms with Gasteiger partial charge in [0.2, 0.25) is 0 Å². The van der Waals surface area contributed by atoms with Gasteiger partial charge in [-0.15, -0.1) is 0 Å². The van der Waals surface area contributed by atoms with Gasteiger partial charge in [-0.1, -0.05) is 176 Å². The highest BCUT2D eigenvalue weighted by Crippen LogP contribution is 2.50. The molecule has 12 aromatic rings. The highest BCUT2D eigenvalue weighted by molar-refractivity contribution is 6.15. The Hall–Kier alpha value is -8.14. The molecule has 0 saturated carbocycles. The fourth-order valence-corrected chi connectivity index (χ4v) is 9.41. The lowest BCUT2D eigenvalue weighted by Gasteiger charge is -2.32. The quantitative estimate of drug-likeness (QED) is 0.161. The monoisotopic (exact) mass is 779 g/mol. The van der Waals surface area contributed by atoms with E-state index in [1.54, 1.807) is 0 Å². The topological polar surface area (TPSA) is 29.5 Å². The molecule has 286 valence electrons. The van der Waals surface area contributed by atoms with Crippen LogP contribution in [0.2, 0.25) is 0 Å². The third-order valence-electron chi connectivity index (χ3n) is 12.1. The lowest BCUT2D eigenvalue weighted by molar-refractivity contribution is 0.668. The minimum atomic E-state index is 0.866. The Labute approximate surface area is 353 Å². The lowest BCUT2D eigenvalue weighted by Crippen LogP contribution is -2.13. The second kappa shape index (κ2) is 14.3. The van der Waals surface area contributed by atoms with Gasteiger partial charge in [0.1, 0.15) is 22.3 Å². The van der Waals surface area contributed by atoms with E-state index in [1.807, 2.05) is 18.2 Å². The number of hydrogen-bond donors (Lipinski definition) is 0. The zero-order chi connectivity index (χ0) is 40.3. The van der Waals surface area contributed by atoms with Crippen LogP contribution in [0.5, 0.6) is 0 Å². The molecule has 3 heteroatoms. The van der Waals surface area contributed by atoms with Crippen LogP contribution in [0.15, 0.2) is 233 Å². The van der Waals surface area contributed by atoms with E-state index in [1.165, 1.54) is 27.5 Å². The number of furan rings is 2. The molecule has 0 radical (unpaired) electrons. The molecule has 0 spiro atoms. The minimum absolute atomic E-state index is 0.866. The van der Waals surface area contributed by atoms with Gasteiger partial charge in [0.05, 0.1) is 17.1 Å². The molecule has 61 heavy (non-hydrogen) atoms. The average Bonchev–Trinajstić information content (AvgIpc) is 3.90. The van der Waals surface area contributed by atoms with E-state index in [9.17, 15) is 0 Å². The zero-order valence-electron chi connectivity index (χ0n) is 33.1. The molecule has 3 nitrogen and oxygen atoms in total. The predicted molar refractivity (Wildman–Crippen MR) is 255 cm³/mol. The number of fused-ring (bicyclic) bond motifs is 7. The summed E-state index contributed by atoms with van der Waals surface area (Å²) in [6.45, 7) is 0. The van der Waals surface area contributed by atoms with Crippen molar-refractivity contribution in [3.05, 3.63) is 224 Å². The Morgan fingerprint density at radius 2 is 0.738 bits per heavy atom. The minimum Gasteiger partial charge on any atom is -0.456 e. The first kappa shape index (κ1) is 34.9. The van der Waals surface area contributed by atoms with E-state index in [0.717, 1.165) is 88.8 Å². The maximum atomic E-state index is 6.46. The molecule has 0 saturated heterocycles. The van der Waals surface area contributed by atoms with Gasteiger partial charge in [0, 0.05) is 38.2 Å². The van der Waals surface area contributed by atoms with Crippen molar-refractivity contribution >= 4 is 71.7 Å². The van der Waals surface area contributed by atoms with Crippen molar-refractivity contribution in [3.63, 3.8) is 0 Å². The van der Waals surface area contributed by atoms with E-state index >= 15 is 0 Å². The van der Waals surface area contributed by atoms with Crippen LogP contribution in [-0.4, -0.2) is 0 Å². The van der Waals surface area contributed by atoms with E-state index < -0.39 is 0 Å². The van der Waals surface area contributed by atoms with Crippen molar-refractivity contribution < 1.29 is 8.83 Å². The van der Waals surface area contributed by atoms with Crippen molar-refractivity contribution in [1.29, 1.82) is 0 Å². The molecule has 0 aliphatic heterocycles. The van der Waals surface area contributed by atoms with Crippen LogP contribution in [0.25, 0.3) is 99.2 Å². The Morgan fingerprint density at radius 1 is 0.262 bits per heavy atom. The Kier molecular flexibility index (Phi) is 8.17. The summed E-state index contributed by atoms with van der Waals surface area (Å²) < 4.78 is 12.8. The predicted octanol–water partition coefficient (Wildman–Crippen LogP) is 16.8. The summed E-state index contributed by atoms with van der Waals surface area (Å²) in [6.07, 6.45) is 0. The van der Waals surface area contributed by atoms with Gasteiger partial charge < -0.3 is 13.7 Å². The number of nitrogens with zero attached hydrogens (tertiary/aromatic N) is 1. The molecule has 10 aromatic carbocycles. The van der Waals surface area contributed by atoms with Gasteiger partial charge in [-0.3, -0.25) is 0 Å². The van der Waals surface area contributed by atoms with Gasteiger partial charge in [-0.25, -0.2) is 0 Å². The van der Waals surface area contributed by atoms with Crippen LogP contribution in [0, 0.1) is 0 Å². The largest absolute Gasteiger partial charge is 0.456 e. The first-order valence-electron chi connectivity index (χ1n) is 20.8. The van der Waals surface area contributed by atoms with Crippen LogP contribution in [-0.2, 0) is 0 Å². The molecule has 0 atom stereocenters. The second-order valence-electron chi connectivity index (χ2n) is 15.5. The number of rotatable bonds is 7. The maximum Gasteiger partial charge on any atom is 0.136 e. The molecule has 0 amide bonds. The van der Waals surface area contributed by atoms with E-state index in [0.29, 0.717) is 0 Å². The highest BCUT2D eigenvalue weighted by Gasteiger charge is 2.25. The summed E-state index contributed by atoms with van der Waals surface area (Å²) in [5, 5.41) is 6.82. The fourth-order valence-electron chi connectivity index (χ4n) is 9.41. The number of para-hydroxylation sites is 5. The number of hydrogen-bond acceptors (Lipinski definition) is 3. The summed E-state index contributed by atoms with van der Waals surface area (Å²) in [5.74, 6) is 0. The third-order valence-corrected chi connectivity index (χ3v) is 12.1. The van der Waals surface area contributed by atoms with Crippen molar-refractivity contribution in [1.82, 2.24) is 0 Å². The Bertz CT molecular complexity index is 3610. The SMILES string of the molecule is c1ccc(-c2cccc3cccc(-c4ccccc4N(c4ccccc4-c4ccc5oc6ccccc6c5c4)c4ccccc4-c4cccc5oc6ccccc6c45)c23)cc1. The van der Waals surface area contributed by atoms with Gasteiger partial charge in [0.25, 0.3) is 0 Å². The van der Waals surface area contributed by atoms with Crippen LogP contribution < -0.4 is 4.90 Å². The molecule has 0 fully saturated rings. The van der Waals surface area contributed by atoms with Crippen molar-refractivity contribution in [3.8, 4) is 44.5 Å². The summed E-state index contributed by atoms with van der Waals surface area (Å²) in [5.41, 5.74) is 15.8. The molecule has 2 heterocycles. The molecule has 0 aliphatic carbocycles. The van der Waals surface area contributed by atoms with Crippen LogP contribution in [0.4, 0.5) is 17.1 Å². The number of anilines is 3. The Morgan fingerprint density at radius 3 is 1.46 bits per heavy atom. The molecular weight excluding hydrogens is 743 g/mol. The standard InChI is InChI=1S/C58H37NO2/c1-2-17-38(18-3-1)42-26-14-19-39-20-15-27-46(57(39)42)43-22-5-10-30-51(43)59(50-29-9-4-21-41(50)40-35-36-55-49(37-40)45-24-7-12-32-53(45)60-55)52-31-11-6-23-44(52)47-28-16-34-56-58(47)48-25-8-13-33-54(48)61-56/h1-37H. The highest BCUT2D eigenvalue weighted by atomic mass is 16.3. The zero-order valence-corrected chi connectivity index (χ0v) is 33.1. The summed E-state index contributed by atoms with van der Waals surface area (Å²) >= 11 is 0. The average molecular weight is 780 g/mol. The second-order valence-corrected chi connectivity index (χ2v) is 15.5. The van der Waals surface area contributed by atoms with Crippen LogP contribution in [0.1, 0.15) is 0 Å². The molecular formula is C58H37NO2. The summed E-state index contributed by atoms with van der Waals surface area (Å²) in [4.78, 5) is 2.47. The van der Waals surface area contributed by atoms with E-state index in [-0.39, 0.29) is 0 Å². The number of benzene rings is 10. The van der Waals surface area contributed by atoms with Gasteiger partial charge in [-0.05, 0) is 87.1 Å². The van der Waals surface area contributed by atoms with E-state index in [2.05, 4.69) is 211 Å². The van der Waals surface area contributed by atoms with Gasteiger partial charge in [-0.2, -0.15) is 0 Å². The lowest BCUT2D eigenvalue weighted by atomic mass is 9.90. The van der Waals surface area contributed by atoms with Crippen molar-refractivity contribution in [2.75, 3.05) is 4.90 Å². The normalized spacial score (nSPS) is 11.6. The van der Waals surface area contributed by atoms with Gasteiger partial charge in [0.15, 0.2) is 0 Å². The van der Waals surface area contributed by atoms with Gasteiger partial charge >= 0.3 is 0 Å². The van der Waals surface area contributed by atoms with Crippen molar-refractivity contribution in [2.45, 2.75) is 0 Å². The summed E-state index contributed by atoms with van der Waals surface area (Å²) in [6, 6.07) is 80.1. The molecule has 0 aliphatic rings. The first-order chi connectivity index (χ1) is 30.3. The Balaban J connectivity index is 1.16. The van der Waals surface area contributed by atoms with Crippen LogP contribution >= 0.6 is 0 Å². The molecule has 0 N–H and O–H groups in total. The smallest absolute Gasteiger partial charge is 0.136 e. The molecule has 0 unspecified atom stereocenters. The van der Waals surface area contributed by atoms with E-state index in [4.69, 9.17) is 8.83 Å². The first-order valence-corrected chi connectivity index (χ1v) is 20.8. The summed E-state index contributed by atoms with van der Waals surface area (Å²) in [7, 11) is 0. The fraction of sp³-hybridized carbons (Fsp3) is 0. The van der Waals surface area contributed by atoms with Crippen LogP contribution in [0.3, 0.4) is 0 Å².